The maximum Gasteiger partial charge on any atom is 0.363 e. The summed E-state index contributed by atoms with van der Waals surface area (Å²) in [5, 5.41) is 11.1. The predicted molar refractivity (Wildman–Crippen MR) is 112 cm³/mol. The van der Waals surface area contributed by atoms with Crippen LogP contribution in [0.15, 0.2) is 47.1 Å². The molecule has 0 unspecified atom stereocenters. The summed E-state index contributed by atoms with van der Waals surface area (Å²) in [7, 11) is 0. The van der Waals surface area contributed by atoms with E-state index >= 15 is 0 Å². The minimum absolute atomic E-state index is 0.0155. The number of hydrogen-bond donors (Lipinski definition) is 0. The second-order valence-electron chi connectivity index (χ2n) is 6.25. The molecule has 30 heavy (non-hydrogen) atoms. The van der Waals surface area contributed by atoms with Crippen LogP contribution in [0.3, 0.4) is 0 Å². The molecule has 0 aliphatic carbocycles. The lowest BCUT2D eigenvalue weighted by atomic mass is 10.1. The fourth-order valence-electron chi connectivity index (χ4n) is 2.69. The van der Waals surface area contributed by atoms with Gasteiger partial charge in [-0.1, -0.05) is 24.6 Å². The van der Waals surface area contributed by atoms with Crippen LogP contribution in [0.25, 0.3) is 6.08 Å². The Kier molecular flexibility index (Phi) is 6.68. The first-order valence-corrected chi connectivity index (χ1v) is 9.67. The van der Waals surface area contributed by atoms with Crippen molar-refractivity contribution in [3.05, 3.63) is 68.4 Å². The molecule has 0 aromatic heterocycles. The first-order valence-electron chi connectivity index (χ1n) is 9.29. The Morgan fingerprint density at radius 2 is 1.97 bits per heavy atom. The minimum Gasteiger partial charge on any atom is -0.490 e. The van der Waals surface area contributed by atoms with Crippen LogP contribution < -0.4 is 9.47 Å². The molecule has 3 rings (SSSR count). The van der Waals surface area contributed by atoms with Crippen molar-refractivity contribution < 1.29 is 23.9 Å². The van der Waals surface area contributed by atoms with Crippen molar-refractivity contribution >= 4 is 35.2 Å². The van der Waals surface area contributed by atoms with Crippen molar-refractivity contribution in [1.82, 2.24) is 0 Å². The van der Waals surface area contributed by atoms with E-state index in [9.17, 15) is 14.9 Å². The van der Waals surface area contributed by atoms with Crippen molar-refractivity contribution in [2.75, 3.05) is 13.2 Å². The number of rotatable bonds is 8. The van der Waals surface area contributed by atoms with Gasteiger partial charge in [-0.3, -0.25) is 10.1 Å². The maximum atomic E-state index is 12.2. The summed E-state index contributed by atoms with van der Waals surface area (Å²) in [6.07, 6.45) is 2.41. The molecule has 0 spiro atoms. The van der Waals surface area contributed by atoms with Crippen LogP contribution >= 0.6 is 11.6 Å². The molecule has 1 aliphatic rings. The Labute approximate surface area is 177 Å². The normalized spacial score (nSPS) is 14.4. The van der Waals surface area contributed by atoms with Gasteiger partial charge in [0.2, 0.25) is 5.90 Å². The van der Waals surface area contributed by atoms with E-state index in [0.29, 0.717) is 30.3 Å². The Balaban J connectivity index is 1.91. The number of nitro groups is 1. The number of benzene rings is 2. The molecular weight excluding hydrogens is 412 g/mol. The lowest BCUT2D eigenvalue weighted by Gasteiger charge is -2.12. The van der Waals surface area contributed by atoms with Gasteiger partial charge >= 0.3 is 5.97 Å². The van der Waals surface area contributed by atoms with Gasteiger partial charge in [0.15, 0.2) is 17.2 Å². The van der Waals surface area contributed by atoms with E-state index in [1.807, 2.05) is 13.8 Å². The molecule has 0 N–H and O–H groups in total. The SMILES string of the molecule is CCCOc1ccc(C=C2N=C(c3ccc(Cl)c([N+](=O)[O-])c3)OC2=O)cc1OCC. The molecule has 0 bridgehead atoms. The number of cyclic esters (lactones) is 1. The number of ether oxygens (including phenoxy) is 3. The fourth-order valence-corrected chi connectivity index (χ4v) is 2.88. The Hall–Kier alpha value is -3.39. The van der Waals surface area contributed by atoms with Gasteiger partial charge in [0.05, 0.1) is 18.1 Å². The van der Waals surface area contributed by atoms with Gasteiger partial charge in [0, 0.05) is 11.6 Å². The molecular formula is C21H19ClN2O6. The summed E-state index contributed by atoms with van der Waals surface area (Å²) >= 11 is 5.82. The number of carbonyl (C=O) groups is 1. The number of esters is 1. The molecule has 1 heterocycles. The zero-order valence-corrected chi connectivity index (χ0v) is 17.1. The zero-order chi connectivity index (χ0) is 21.7. The molecule has 0 radical (unpaired) electrons. The first-order chi connectivity index (χ1) is 14.4. The summed E-state index contributed by atoms with van der Waals surface area (Å²) < 4.78 is 16.5. The third kappa shape index (κ3) is 4.77. The number of halogens is 1. The van der Waals surface area contributed by atoms with Gasteiger partial charge in [-0.25, -0.2) is 9.79 Å². The predicted octanol–water partition coefficient (Wildman–Crippen LogP) is 4.78. The van der Waals surface area contributed by atoms with Gasteiger partial charge in [-0.2, -0.15) is 0 Å². The molecule has 0 fully saturated rings. The summed E-state index contributed by atoms with van der Waals surface area (Å²) in [6, 6.07) is 9.35. The maximum absolute atomic E-state index is 12.2. The third-order valence-electron chi connectivity index (χ3n) is 4.04. The van der Waals surface area contributed by atoms with Crippen LogP contribution in [0.5, 0.6) is 11.5 Å². The van der Waals surface area contributed by atoms with Crippen LogP contribution in [-0.4, -0.2) is 30.0 Å². The molecule has 2 aromatic rings. The molecule has 2 aromatic carbocycles. The smallest absolute Gasteiger partial charge is 0.363 e. The highest BCUT2D eigenvalue weighted by Gasteiger charge is 2.26. The molecule has 0 saturated carbocycles. The number of carbonyl (C=O) groups excluding carboxylic acids is 1. The highest BCUT2D eigenvalue weighted by molar-refractivity contribution is 6.32. The van der Waals surface area contributed by atoms with Gasteiger partial charge in [-0.15, -0.1) is 0 Å². The molecule has 8 nitrogen and oxygen atoms in total. The Morgan fingerprint density at radius 3 is 2.67 bits per heavy atom. The third-order valence-corrected chi connectivity index (χ3v) is 4.36. The van der Waals surface area contributed by atoms with Crippen molar-refractivity contribution in [2.45, 2.75) is 20.3 Å². The van der Waals surface area contributed by atoms with E-state index in [-0.39, 0.29) is 27.9 Å². The van der Waals surface area contributed by atoms with Gasteiger partial charge in [0.1, 0.15) is 5.02 Å². The van der Waals surface area contributed by atoms with Gasteiger partial charge < -0.3 is 14.2 Å². The minimum atomic E-state index is -0.660. The topological polar surface area (TPSA) is 100 Å². The molecule has 9 heteroatoms. The summed E-state index contributed by atoms with van der Waals surface area (Å²) in [5.41, 5.74) is 0.712. The summed E-state index contributed by atoms with van der Waals surface area (Å²) in [6.45, 7) is 4.90. The van der Waals surface area contributed by atoms with Gasteiger partial charge in [0.25, 0.3) is 5.69 Å². The molecule has 1 aliphatic heterocycles. The monoisotopic (exact) mass is 430 g/mol. The molecule has 0 saturated heterocycles. The molecule has 0 atom stereocenters. The van der Waals surface area contributed by atoms with Crippen LogP contribution in [0.2, 0.25) is 5.02 Å². The van der Waals surface area contributed by atoms with Crippen molar-refractivity contribution in [3.63, 3.8) is 0 Å². The lowest BCUT2D eigenvalue weighted by Crippen LogP contribution is -2.06. The Morgan fingerprint density at radius 1 is 1.17 bits per heavy atom. The average Bonchev–Trinajstić information content (AvgIpc) is 3.08. The van der Waals surface area contributed by atoms with E-state index in [1.54, 1.807) is 24.3 Å². The average molecular weight is 431 g/mol. The summed E-state index contributed by atoms with van der Waals surface area (Å²) in [5.74, 6) is 0.488. The number of hydrogen-bond acceptors (Lipinski definition) is 7. The highest BCUT2D eigenvalue weighted by atomic mass is 35.5. The second-order valence-corrected chi connectivity index (χ2v) is 6.65. The lowest BCUT2D eigenvalue weighted by molar-refractivity contribution is -0.384. The highest BCUT2D eigenvalue weighted by Crippen LogP contribution is 2.31. The number of nitro benzene ring substituents is 1. The van der Waals surface area contributed by atoms with Crippen LogP contribution in [-0.2, 0) is 9.53 Å². The quantitative estimate of drug-likeness (QED) is 0.258. The van der Waals surface area contributed by atoms with Crippen LogP contribution in [0.4, 0.5) is 5.69 Å². The standard InChI is InChI=1S/C21H19ClN2O6/c1-3-9-29-18-8-5-13(11-19(18)28-4-2)10-16-21(25)30-20(23-16)14-6-7-15(22)17(12-14)24(26)27/h5-8,10-12H,3-4,9H2,1-2H3. The fraction of sp³-hybridized carbons (Fsp3) is 0.238. The molecule has 0 amide bonds. The number of aliphatic imine (C=N–C) groups is 1. The van der Waals surface area contributed by atoms with E-state index in [1.165, 1.54) is 18.2 Å². The van der Waals surface area contributed by atoms with Crippen LogP contribution in [0.1, 0.15) is 31.4 Å². The van der Waals surface area contributed by atoms with Crippen LogP contribution in [0, 0.1) is 10.1 Å². The van der Waals surface area contributed by atoms with Gasteiger partial charge in [-0.05, 0) is 49.2 Å². The van der Waals surface area contributed by atoms with E-state index < -0.39 is 10.9 Å². The summed E-state index contributed by atoms with van der Waals surface area (Å²) in [4.78, 5) is 26.9. The Bertz CT molecular complexity index is 1050. The van der Waals surface area contributed by atoms with Crippen molar-refractivity contribution in [1.29, 1.82) is 0 Å². The van der Waals surface area contributed by atoms with Crippen molar-refractivity contribution in [2.24, 2.45) is 4.99 Å². The van der Waals surface area contributed by atoms with E-state index in [4.69, 9.17) is 25.8 Å². The van der Waals surface area contributed by atoms with Crippen molar-refractivity contribution in [3.8, 4) is 11.5 Å². The zero-order valence-electron chi connectivity index (χ0n) is 16.4. The second kappa shape index (κ2) is 9.41. The number of nitrogens with zero attached hydrogens (tertiary/aromatic N) is 2. The first kappa shape index (κ1) is 21.3. The van der Waals surface area contributed by atoms with E-state index in [2.05, 4.69) is 4.99 Å². The largest absolute Gasteiger partial charge is 0.490 e. The van der Waals surface area contributed by atoms with E-state index in [0.717, 1.165) is 6.42 Å². The molecule has 156 valence electrons.